The zero-order valence-corrected chi connectivity index (χ0v) is 8.90. The van der Waals surface area contributed by atoms with E-state index in [1.807, 2.05) is 0 Å². The van der Waals surface area contributed by atoms with Crippen LogP contribution >= 0.6 is 11.5 Å². The average molecular weight is 236 g/mol. The lowest BCUT2D eigenvalue weighted by molar-refractivity contribution is 0.0736. The van der Waals surface area contributed by atoms with E-state index in [-0.39, 0.29) is 17.1 Å². The Bertz CT molecular complexity index is 524. The number of nitrogens with zero attached hydrogens (tertiary/aromatic N) is 1. The van der Waals surface area contributed by atoms with Gasteiger partial charge in [-0.3, -0.25) is 0 Å². The summed E-state index contributed by atoms with van der Waals surface area (Å²) in [6.07, 6.45) is 1.35. The fourth-order valence-electron chi connectivity index (χ4n) is 1.11. The maximum Gasteiger partial charge on any atom is 0.348 e. The normalized spacial score (nSPS) is 10.0. The maximum absolute atomic E-state index is 11.6. The quantitative estimate of drug-likeness (QED) is 0.611. The van der Waals surface area contributed by atoms with E-state index in [0.29, 0.717) is 5.00 Å². The van der Waals surface area contributed by atoms with Crippen molar-refractivity contribution in [2.45, 2.75) is 0 Å². The van der Waals surface area contributed by atoms with Crippen LogP contribution in [0.5, 0.6) is 11.5 Å². The third kappa shape index (κ3) is 2.12. The summed E-state index contributed by atoms with van der Waals surface area (Å²) in [5.74, 6) is -0.297. The highest BCUT2D eigenvalue weighted by Gasteiger charge is 2.14. The number of aromatic nitrogens is 1. The van der Waals surface area contributed by atoms with Crippen LogP contribution in [0.1, 0.15) is 10.4 Å². The van der Waals surface area contributed by atoms with E-state index in [9.17, 15) is 9.90 Å². The molecule has 0 bridgehead atoms. The van der Waals surface area contributed by atoms with E-state index in [4.69, 9.17) is 10.5 Å². The van der Waals surface area contributed by atoms with Gasteiger partial charge in [-0.2, -0.15) is 4.37 Å². The van der Waals surface area contributed by atoms with Gasteiger partial charge in [0, 0.05) is 6.07 Å². The van der Waals surface area contributed by atoms with Gasteiger partial charge >= 0.3 is 5.97 Å². The van der Waals surface area contributed by atoms with Gasteiger partial charge in [0.1, 0.15) is 22.1 Å². The van der Waals surface area contributed by atoms with Crippen molar-refractivity contribution in [3.63, 3.8) is 0 Å². The van der Waals surface area contributed by atoms with Crippen LogP contribution in [-0.2, 0) is 0 Å². The van der Waals surface area contributed by atoms with E-state index < -0.39 is 5.97 Å². The van der Waals surface area contributed by atoms with Crippen LogP contribution in [0, 0.1) is 0 Å². The predicted molar refractivity (Wildman–Crippen MR) is 59.6 cm³/mol. The number of esters is 1. The van der Waals surface area contributed by atoms with Crippen LogP contribution < -0.4 is 10.5 Å². The molecule has 1 aromatic heterocycles. The molecule has 0 spiro atoms. The lowest BCUT2D eigenvalue weighted by Crippen LogP contribution is -2.09. The van der Waals surface area contributed by atoms with Crippen molar-refractivity contribution in [1.82, 2.24) is 4.37 Å². The number of phenolic OH excluding ortho intramolecular Hbond substituents is 1. The third-order valence-corrected chi connectivity index (χ3v) is 2.47. The maximum atomic E-state index is 11.6. The summed E-state index contributed by atoms with van der Waals surface area (Å²) in [6, 6.07) is 5.96. The molecule has 2 aromatic rings. The Morgan fingerprint density at radius 1 is 1.50 bits per heavy atom. The van der Waals surface area contributed by atoms with Crippen LogP contribution in [0.15, 0.2) is 30.5 Å². The lowest BCUT2D eigenvalue weighted by atomic mass is 10.3. The highest BCUT2D eigenvalue weighted by atomic mass is 32.1. The number of phenols is 1. The van der Waals surface area contributed by atoms with Crippen molar-refractivity contribution < 1.29 is 14.6 Å². The van der Waals surface area contributed by atoms with Crippen LogP contribution in [-0.4, -0.2) is 15.4 Å². The number of aromatic hydroxyl groups is 1. The molecule has 3 N–H and O–H groups in total. The SMILES string of the molecule is Nc1sncc1C(=O)Oc1cccc(O)c1. The molecule has 0 saturated carbocycles. The minimum atomic E-state index is -0.586. The van der Waals surface area contributed by atoms with Crippen molar-refractivity contribution in [2.24, 2.45) is 0 Å². The number of nitrogens with two attached hydrogens (primary N) is 1. The molecular weight excluding hydrogens is 228 g/mol. The highest BCUT2D eigenvalue weighted by molar-refractivity contribution is 7.10. The number of ether oxygens (including phenoxy) is 1. The second-order valence-corrected chi connectivity index (χ2v) is 3.82. The number of benzene rings is 1. The monoisotopic (exact) mass is 236 g/mol. The molecule has 0 unspecified atom stereocenters. The number of anilines is 1. The molecule has 0 aliphatic carbocycles. The molecule has 0 saturated heterocycles. The predicted octanol–water partition coefficient (Wildman–Crippen LogP) is 1.65. The Hall–Kier alpha value is -2.08. The fourth-order valence-corrected chi connectivity index (χ4v) is 1.62. The number of rotatable bonds is 2. The molecule has 0 fully saturated rings. The molecule has 0 aliphatic heterocycles. The molecule has 82 valence electrons. The molecule has 5 nitrogen and oxygen atoms in total. The Kier molecular flexibility index (Phi) is 2.74. The summed E-state index contributed by atoms with van der Waals surface area (Å²) in [6.45, 7) is 0. The molecule has 0 atom stereocenters. The standard InChI is InChI=1S/C10H8N2O3S/c11-9-8(5-12-16-9)10(14)15-7-3-1-2-6(13)4-7/h1-5,13H,11H2. The van der Waals surface area contributed by atoms with Gasteiger partial charge in [0.05, 0.1) is 6.20 Å². The number of nitrogen functional groups attached to an aromatic ring is 1. The first kappa shape index (κ1) is 10.4. The lowest BCUT2D eigenvalue weighted by Gasteiger charge is -2.03. The Balaban J connectivity index is 2.17. The second-order valence-electron chi connectivity index (χ2n) is 2.99. The molecule has 0 amide bonds. The van der Waals surface area contributed by atoms with Gasteiger partial charge < -0.3 is 15.6 Å². The average Bonchev–Trinajstić information content (AvgIpc) is 2.64. The molecule has 0 radical (unpaired) electrons. The van der Waals surface area contributed by atoms with E-state index >= 15 is 0 Å². The molecule has 16 heavy (non-hydrogen) atoms. The minimum absolute atomic E-state index is 0.0294. The van der Waals surface area contributed by atoms with Crippen molar-refractivity contribution in [2.75, 3.05) is 5.73 Å². The first-order valence-corrected chi connectivity index (χ1v) is 5.15. The van der Waals surface area contributed by atoms with Gasteiger partial charge in [0.25, 0.3) is 0 Å². The molecule has 2 rings (SSSR count). The van der Waals surface area contributed by atoms with E-state index in [0.717, 1.165) is 11.5 Å². The first-order chi connectivity index (χ1) is 7.66. The second kappa shape index (κ2) is 4.19. The number of hydrogen-bond acceptors (Lipinski definition) is 6. The smallest absolute Gasteiger partial charge is 0.348 e. The van der Waals surface area contributed by atoms with Crippen molar-refractivity contribution >= 4 is 22.5 Å². The van der Waals surface area contributed by atoms with Gasteiger partial charge in [-0.1, -0.05) is 6.07 Å². The van der Waals surface area contributed by atoms with Crippen molar-refractivity contribution in [3.05, 3.63) is 36.0 Å². The molecule has 1 heterocycles. The van der Waals surface area contributed by atoms with Gasteiger partial charge in [0.15, 0.2) is 0 Å². The van der Waals surface area contributed by atoms with Crippen LogP contribution in [0.2, 0.25) is 0 Å². The van der Waals surface area contributed by atoms with E-state index in [1.165, 1.54) is 18.3 Å². The van der Waals surface area contributed by atoms with Crippen LogP contribution in [0.4, 0.5) is 5.00 Å². The summed E-state index contributed by atoms with van der Waals surface area (Å²) in [5.41, 5.74) is 5.76. The minimum Gasteiger partial charge on any atom is -0.508 e. The zero-order chi connectivity index (χ0) is 11.5. The van der Waals surface area contributed by atoms with E-state index in [1.54, 1.807) is 12.1 Å². The Labute approximate surface area is 95.3 Å². The fraction of sp³-hybridized carbons (Fsp3) is 0. The summed E-state index contributed by atoms with van der Waals surface area (Å²) in [5, 5.41) is 9.50. The summed E-state index contributed by atoms with van der Waals surface area (Å²) in [7, 11) is 0. The Morgan fingerprint density at radius 2 is 2.31 bits per heavy atom. The third-order valence-electron chi connectivity index (χ3n) is 1.85. The molecule has 6 heteroatoms. The van der Waals surface area contributed by atoms with E-state index in [2.05, 4.69) is 4.37 Å². The van der Waals surface area contributed by atoms with Gasteiger partial charge in [-0.05, 0) is 23.7 Å². The summed E-state index contributed by atoms with van der Waals surface area (Å²) in [4.78, 5) is 11.6. The topological polar surface area (TPSA) is 85.4 Å². The molecule has 1 aromatic carbocycles. The molecule has 0 aliphatic rings. The largest absolute Gasteiger partial charge is 0.508 e. The van der Waals surface area contributed by atoms with Gasteiger partial charge in [-0.15, -0.1) is 0 Å². The zero-order valence-electron chi connectivity index (χ0n) is 8.08. The van der Waals surface area contributed by atoms with Gasteiger partial charge in [-0.25, -0.2) is 4.79 Å². The summed E-state index contributed by atoms with van der Waals surface area (Å²) >= 11 is 1.02. The first-order valence-electron chi connectivity index (χ1n) is 4.38. The van der Waals surface area contributed by atoms with Crippen LogP contribution in [0.3, 0.4) is 0 Å². The van der Waals surface area contributed by atoms with Crippen LogP contribution in [0.25, 0.3) is 0 Å². The Morgan fingerprint density at radius 3 is 2.94 bits per heavy atom. The highest BCUT2D eigenvalue weighted by Crippen LogP contribution is 2.21. The molecular formula is C10H8N2O3S. The number of hydrogen-bond donors (Lipinski definition) is 2. The summed E-state index contributed by atoms with van der Waals surface area (Å²) < 4.78 is 8.78. The van der Waals surface area contributed by atoms with Crippen molar-refractivity contribution in [1.29, 1.82) is 0 Å². The van der Waals surface area contributed by atoms with Crippen molar-refractivity contribution in [3.8, 4) is 11.5 Å². The number of carbonyl (C=O) groups excluding carboxylic acids is 1. The number of carbonyl (C=O) groups is 1. The van der Waals surface area contributed by atoms with Gasteiger partial charge in [0.2, 0.25) is 0 Å².